The van der Waals surface area contributed by atoms with Gasteiger partial charge in [0.25, 0.3) is 0 Å². The number of rotatable bonds is 5. The smallest absolute Gasteiger partial charge is 0.0940 e. The first-order chi connectivity index (χ1) is 9.56. The van der Waals surface area contributed by atoms with Gasteiger partial charge in [-0.2, -0.15) is 0 Å². The topological polar surface area (TPSA) is 45.1 Å². The van der Waals surface area contributed by atoms with E-state index in [-0.39, 0.29) is 6.04 Å². The maximum Gasteiger partial charge on any atom is 0.0940 e. The van der Waals surface area contributed by atoms with Gasteiger partial charge in [-0.25, -0.2) is 0 Å². The van der Waals surface area contributed by atoms with Crippen LogP contribution in [0.2, 0.25) is 0 Å². The third-order valence-electron chi connectivity index (χ3n) is 3.26. The van der Waals surface area contributed by atoms with Crippen molar-refractivity contribution in [1.29, 1.82) is 0 Å². The summed E-state index contributed by atoms with van der Waals surface area (Å²) in [5.41, 5.74) is 3.03. The van der Waals surface area contributed by atoms with Crippen LogP contribution in [0.15, 0.2) is 47.1 Å². The zero-order valence-electron chi connectivity index (χ0n) is 11.7. The fourth-order valence-corrected chi connectivity index (χ4v) is 2.19. The van der Waals surface area contributed by atoms with E-state index in [0.717, 1.165) is 21.3 Å². The number of halogens is 1. The van der Waals surface area contributed by atoms with Gasteiger partial charge in [0.05, 0.1) is 11.8 Å². The molecule has 0 saturated heterocycles. The molecule has 4 heteroatoms. The van der Waals surface area contributed by atoms with E-state index in [9.17, 15) is 5.11 Å². The Labute approximate surface area is 128 Å². The summed E-state index contributed by atoms with van der Waals surface area (Å²) in [4.78, 5) is 4.34. The van der Waals surface area contributed by atoms with Crippen molar-refractivity contribution in [3.8, 4) is 0 Å². The van der Waals surface area contributed by atoms with Gasteiger partial charge in [0, 0.05) is 23.3 Å². The Morgan fingerprint density at radius 2 is 1.90 bits per heavy atom. The lowest BCUT2D eigenvalue weighted by atomic mass is 10.0. The molecule has 0 radical (unpaired) electrons. The Kier molecular flexibility index (Phi) is 5.29. The monoisotopic (exact) mass is 334 g/mol. The summed E-state index contributed by atoms with van der Waals surface area (Å²) >= 11 is 3.39. The van der Waals surface area contributed by atoms with Crippen molar-refractivity contribution in [3.05, 3.63) is 63.9 Å². The van der Waals surface area contributed by atoms with E-state index in [1.54, 1.807) is 0 Å². The van der Waals surface area contributed by atoms with Gasteiger partial charge in [0.2, 0.25) is 0 Å². The molecule has 0 aliphatic heterocycles. The number of nitrogens with zero attached hydrogens (tertiary/aromatic N) is 1. The molecule has 106 valence electrons. The Hall–Kier alpha value is -1.23. The fraction of sp³-hybridized carbons (Fsp3) is 0.312. The molecular formula is C16H19BrN2O. The zero-order chi connectivity index (χ0) is 14.5. The minimum absolute atomic E-state index is 0.0423. The van der Waals surface area contributed by atoms with Crippen molar-refractivity contribution in [2.24, 2.45) is 0 Å². The summed E-state index contributed by atoms with van der Waals surface area (Å²) in [7, 11) is 0. The molecule has 0 saturated carbocycles. The average Bonchev–Trinajstić information content (AvgIpc) is 2.46. The minimum atomic E-state index is -0.534. The molecule has 0 bridgehead atoms. The van der Waals surface area contributed by atoms with Crippen LogP contribution in [0.5, 0.6) is 0 Å². The first-order valence-corrected chi connectivity index (χ1v) is 7.44. The average molecular weight is 335 g/mol. The predicted octanol–water partition coefficient (Wildman–Crippen LogP) is 3.36. The molecule has 0 aliphatic rings. The number of hydrogen-bond donors (Lipinski definition) is 2. The first kappa shape index (κ1) is 15.2. The quantitative estimate of drug-likeness (QED) is 0.881. The summed E-state index contributed by atoms with van der Waals surface area (Å²) in [6.07, 6.45) is 1.32. The second-order valence-electron chi connectivity index (χ2n) is 4.99. The summed E-state index contributed by atoms with van der Waals surface area (Å²) in [5.74, 6) is 0. The number of aryl methyl sites for hydroxylation is 1. The van der Waals surface area contributed by atoms with Crippen molar-refractivity contribution >= 4 is 15.9 Å². The van der Waals surface area contributed by atoms with Gasteiger partial charge < -0.3 is 10.4 Å². The van der Waals surface area contributed by atoms with Crippen LogP contribution in [0.25, 0.3) is 0 Å². The van der Waals surface area contributed by atoms with E-state index in [1.807, 2.05) is 56.4 Å². The van der Waals surface area contributed by atoms with E-state index < -0.39 is 6.10 Å². The predicted molar refractivity (Wildman–Crippen MR) is 84.4 cm³/mol. The molecular weight excluding hydrogens is 316 g/mol. The zero-order valence-corrected chi connectivity index (χ0v) is 13.3. The first-order valence-electron chi connectivity index (χ1n) is 6.64. The number of aliphatic hydroxyl groups is 1. The number of benzene rings is 1. The molecule has 1 aromatic heterocycles. The van der Waals surface area contributed by atoms with Crippen LogP contribution in [-0.2, 0) is 6.54 Å². The fourth-order valence-electron chi connectivity index (χ4n) is 1.93. The molecule has 0 unspecified atom stereocenters. The Bertz CT molecular complexity index is 539. The van der Waals surface area contributed by atoms with Crippen LogP contribution in [0, 0.1) is 6.92 Å². The number of aliphatic hydroxyl groups excluding tert-OH is 1. The third-order valence-corrected chi connectivity index (χ3v) is 3.79. The van der Waals surface area contributed by atoms with Gasteiger partial charge in [-0.05, 0) is 43.2 Å². The molecule has 2 aromatic rings. The standard InChI is InChI=1S/C16H19BrN2O/c1-11-3-8-15(19-9-11)10-18-12(2)16(20)13-4-6-14(17)7-5-13/h3-9,12,16,18,20H,10H2,1-2H3/t12-,16-/m1/s1. The molecule has 20 heavy (non-hydrogen) atoms. The molecule has 2 rings (SSSR count). The van der Waals surface area contributed by atoms with Crippen molar-refractivity contribution in [2.75, 3.05) is 0 Å². The lowest BCUT2D eigenvalue weighted by Gasteiger charge is -2.20. The number of hydrogen-bond acceptors (Lipinski definition) is 3. The van der Waals surface area contributed by atoms with Crippen LogP contribution < -0.4 is 5.32 Å². The van der Waals surface area contributed by atoms with E-state index in [0.29, 0.717) is 6.54 Å². The third kappa shape index (κ3) is 4.13. The van der Waals surface area contributed by atoms with E-state index in [4.69, 9.17) is 0 Å². The highest BCUT2D eigenvalue weighted by Crippen LogP contribution is 2.19. The lowest BCUT2D eigenvalue weighted by molar-refractivity contribution is 0.135. The molecule has 0 amide bonds. The van der Waals surface area contributed by atoms with Gasteiger partial charge in [0.15, 0.2) is 0 Å². The van der Waals surface area contributed by atoms with E-state index in [1.165, 1.54) is 0 Å². The molecule has 3 nitrogen and oxygen atoms in total. The highest BCUT2D eigenvalue weighted by Gasteiger charge is 2.15. The van der Waals surface area contributed by atoms with Gasteiger partial charge in [-0.3, -0.25) is 4.98 Å². The van der Waals surface area contributed by atoms with Crippen LogP contribution in [0.3, 0.4) is 0 Å². The summed E-state index contributed by atoms with van der Waals surface area (Å²) in [6.45, 7) is 4.64. The van der Waals surface area contributed by atoms with Gasteiger partial charge in [-0.1, -0.05) is 34.1 Å². The van der Waals surface area contributed by atoms with Crippen molar-refractivity contribution in [1.82, 2.24) is 10.3 Å². The number of pyridine rings is 1. The van der Waals surface area contributed by atoms with Gasteiger partial charge in [-0.15, -0.1) is 0 Å². The summed E-state index contributed by atoms with van der Waals surface area (Å²) < 4.78 is 1.01. The molecule has 0 aliphatic carbocycles. The normalized spacial score (nSPS) is 14.0. The van der Waals surface area contributed by atoms with Crippen LogP contribution in [-0.4, -0.2) is 16.1 Å². The molecule has 0 fully saturated rings. The van der Waals surface area contributed by atoms with Crippen molar-refractivity contribution in [3.63, 3.8) is 0 Å². The SMILES string of the molecule is Cc1ccc(CN[C@H](C)[C@@H](O)c2ccc(Br)cc2)nc1. The van der Waals surface area contributed by atoms with Crippen molar-refractivity contribution < 1.29 is 5.11 Å². The summed E-state index contributed by atoms with van der Waals surface area (Å²) in [5, 5.41) is 13.6. The molecule has 2 N–H and O–H groups in total. The second-order valence-corrected chi connectivity index (χ2v) is 5.91. The Morgan fingerprint density at radius 1 is 1.20 bits per heavy atom. The van der Waals surface area contributed by atoms with Gasteiger partial charge >= 0.3 is 0 Å². The minimum Gasteiger partial charge on any atom is -0.387 e. The molecule has 0 spiro atoms. The molecule has 1 heterocycles. The van der Waals surface area contributed by atoms with E-state index >= 15 is 0 Å². The van der Waals surface area contributed by atoms with Gasteiger partial charge in [0.1, 0.15) is 0 Å². The lowest BCUT2D eigenvalue weighted by Crippen LogP contribution is -2.32. The number of aromatic nitrogens is 1. The number of nitrogens with one attached hydrogen (secondary N) is 1. The summed E-state index contributed by atoms with van der Waals surface area (Å²) in [6, 6.07) is 11.7. The van der Waals surface area contributed by atoms with Crippen LogP contribution in [0.4, 0.5) is 0 Å². The molecule has 1 aromatic carbocycles. The van der Waals surface area contributed by atoms with E-state index in [2.05, 4.69) is 26.2 Å². The largest absolute Gasteiger partial charge is 0.387 e. The second kappa shape index (κ2) is 6.97. The highest BCUT2D eigenvalue weighted by molar-refractivity contribution is 9.10. The Morgan fingerprint density at radius 3 is 2.50 bits per heavy atom. The maximum atomic E-state index is 10.3. The molecule has 2 atom stereocenters. The highest BCUT2D eigenvalue weighted by atomic mass is 79.9. The van der Waals surface area contributed by atoms with Crippen LogP contribution in [0.1, 0.15) is 29.8 Å². The Balaban J connectivity index is 1.92. The van der Waals surface area contributed by atoms with Crippen LogP contribution >= 0.6 is 15.9 Å². The van der Waals surface area contributed by atoms with Crippen molar-refractivity contribution in [2.45, 2.75) is 32.5 Å². The maximum absolute atomic E-state index is 10.3.